The minimum Gasteiger partial charge on any atom is -0.379 e. The second kappa shape index (κ2) is 8.50. The summed E-state index contributed by atoms with van der Waals surface area (Å²) in [5.74, 6) is 0. The maximum atomic E-state index is 12.1. The fourth-order valence-corrected chi connectivity index (χ4v) is 4.70. The van der Waals surface area contributed by atoms with Crippen molar-refractivity contribution in [1.82, 2.24) is 5.32 Å². The molecule has 1 atom stereocenters. The molecule has 1 saturated heterocycles. The average Bonchev–Trinajstić information content (AvgIpc) is 3.41. The number of hydrogen-bond acceptors (Lipinski definition) is 2. The van der Waals surface area contributed by atoms with Crippen molar-refractivity contribution in [1.29, 1.82) is 0 Å². The van der Waals surface area contributed by atoms with Crippen LogP contribution in [0.25, 0.3) is 22.3 Å². The third kappa shape index (κ3) is 3.81. The van der Waals surface area contributed by atoms with Crippen LogP contribution in [0, 0.1) is 0 Å². The molecule has 0 saturated carbocycles. The van der Waals surface area contributed by atoms with Crippen LogP contribution in [0.2, 0.25) is 0 Å². The van der Waals surface area contributed by atoms with Gasteiger partial charge >= 0.3 is 0 Å². The second-order valence-electron chi connectivity index (χ2n) is 8.30. The highest BCUT2D eigenvalue weighted by Gasteiger charge is 2.41. The van der Waals surface area contributed by atoms with Gasteiger partial charge in [0.15, 0.2) is 0 Å². The first kappa shape index (κ1) is 19.7. The lowest BCUT2D eigenvalue weighted by Gasteiger charge is -2.35. The van der Waals surface area contributed by atoms with Crippen molar-refractivity contribution in [2.75, 3.05) is 6.54 Å². The molecule has 0 radical (unpaired) electrons. The van der Waals surface area contributed by atoms with E-state index in [9.17, 15) is 5.11 Å². The molecule has 2 N–H and O–H groups in total. The second-order valence-corrected chi connectivity index (χ2v) is 8.30. The molecule has 4 aromatic carbocycles. The van der Waals surface area contributed by atoms with Gasteiger partial charge in [-0.15, -0.1) is 0 Å². The van der Waals surface area contributed by atoms with E-state index in [1.54, 1.807) is 0 Å². The molecular weight excluding hydrogens is 378 g/mol. The SMILES string of the molecule is OC(c1ccc(-c2ccccc2)cc1)(c1ccc(-c2ccccc2)cc1)[C@@H]1CCCN1. The zero-order chi connectivity index (χ0) is 21.1. The number of hydrogen-bond donors (Lipinski definition) is 2. The standard InChI is InChI=1S/C29H27NO/c31-29(28-12-7-21-30-28,26-17-13-24(14-18-26)22-8-3-1-4-9-22)27-19-15-25(16-20-27)23-10-5-2-6-11-23/h1-6,8-11,13-20,28,30-31H,7,12,21H2/t28-/m0/s1. The molecule has 154 valence electrons. The Bertz CT molecular complexity index is 1030. The number of rotatable bonds is 5. The molecule has 0 amide bonds. The van der Waals surface area contributed by atoms with Crippen LogP contribution in [-0.2, 0) is 5.60 Å². The van der Waals surface area contributed by atoms with Gasteiger partial charge in [-0.1, -0.05) is 109 Å². The first-order valence-electron chi connectivity index (χ1n) is 11.0. The Hall–Kier alpha value is -3.20. The molecule has 0 bridgehead atoms. The predicted molar refractivity (Wildman–Crippen MR) is 128 cm³/mol. The van der Waals surface area contributed by atoms with Crippen molar-refractivity contribution >= 4 is 0 Å². The summed E-state index contributed by atoms with van der Waals surface area (Å²) < 4.78 is 0. The molecule has 31 heavy (non-hydrogen) atoms. The molecule has 1 aliphatic rings. The Morgan fingerprint density at radius 3 is 1.39 bits per heavy atom. The highest BCUT2D eigenvalue weighted by Crippen LogP contribution is 2.38. The van der Waals surface area contributed by atoms with E-state index < -0.39 is 5.60 Å². The van der Waals surface area contributed by atoms with Crippen molar-refractivity contribution in [3.63, 3.8) is 0 Å². The summed E-state index contributed by atoms with van der Waals surface area (Å²) in [4.78, 5) is 0. The van der Waals surface area contributed by atoms with E-state index in [2.05, 4.69) is 102 Å². The lowest BCUT2D eigenvalue weighted by molar-refractivity contribution is 0.0443. The Morgan fingerprint density at radius 2 is 1.00 bits per heavy atom. The highest BCUT2D eigenvalue weighted by molar-refractivity contribution is 5.65. The third-order valence-electron chi connectivity index (χ3n) is 6.43. The van der Waals surface area contributed by atoms with Crippen molar-refractivity contribution < 1.29 is 5.11 Å². The smallest absolute Gasteiger partial charge is 0.130 e. The van der Waals surface area contributed by atoms with Crippen molar-refractivity contribution in [3.05, 3.63) is 120 Å². The van der Waals surface area contributed by atoms with E-state index in [1.807, 2.05) is 12.1 Å². The third-order valence-corrected chi connectivity index (χ3v) is 6.43. The van der Waals surface area contributed by atoms with Gasteiger partial charge in [-0.25, -0.2) is 0 Å². The van der Waals surface area contributed by atoms with Crippen LogP contribution in [0.5, 0.6) is 0 Å². The van der Waals surface area contributed by atoms with Gasteiger partial charge in [-0.2, -0.15) is 0 Å². The minimum atomic E-state index is -1.07. The van der Waals surface area contributed by atoms with Crippen LogP contribution >= 0.6 is 0 Å². The van der Waals surface area contributed by atoms with Gasteiger partial charge in [-0.3, -0.25) is 0 Å². The van der Waals surface area contributed by atoms with Gasteiger partial charge in [0, 0.05) is 6.04 Å². The van der Waals surface area contributed by atoms with Crippen LogP contribution in [0.15, 0.2) is 109 Å². The van der Waals surface area contributed by atoms with Gasteiger partial charge in [0.1, 0.15) is 5.60 Å². The summed E-state index contributed by atoms with van der Waals surface area (Å²) in [6.45, 7) is 0.942. The summed E-state index contributed by atoms with van der Waals surface area (Å²) in [6, 6.07) is 37.5. The van der Waals surface area contributed by atoms with Crippen molar-refractivity contribution in [2.24, 2.45) is 0 Å². The van der Waals surface area contributed by atoms with Crippen LogP contribution in [0.3, 0.4) is 0 Å². The predicted octanol–water partition coefficient (Wildman–Crippen LogP) is 6.01. The summed E-state index contributed by atoms with van der Waals surface area (Å²) in [6.07, 6.45) is 2.04. The van der Waals surface area contributed by atoms with Gasteiger partial charge in [0.25, 0.3) is 0 Å². The van der Waals surface area contributed by atoms with Crippen LogP contribution in [0.4, 0.5) is 0 Å². The molecule has 0 unspecified atom stereocenters. The lowest BCUT2D eigenvalue weighted by atomic mass is 9.78. The van der Waals surface area contributed by atoms with Crippen LogP contribution in [0.1, 0.15) is 24.0 Å². The Labute approximate surface area is 184 Å². The molecule has 0 aliphatic carbocycles. The van der Waals surface area contributed by atoms with E-state index in [1.165, 1.54) is 11.1 Å². The fourth-order valence-electron chi connectivity index (χ4n) is 4.70. The molecule has 0 spiro atoms. The van der Waals surface area contributed by atoms with Gasteiger partial charge < -0.3 is 10.4 Å². The molecular formula is C29H27NO. The zero-order valence-corrected chi connectivity index (χ0v) is 17.5. The highest BCUT2D eigenvalue weighted by atomic mass is 16.3. The molecule has 5 rings (SSSR count). The Balaban J connectivity index is 1.52. The Kier molecular flexibility index (Phi) is 5.42. The summed E-state index contributed by atoms with van der Waals surface area (Å²) in [5, 5.41) is 15.7. The molecule has 1 heterocycles. The quantitative estimate of drug-likeness (QED) is 0.426. The number of benzene rings is 4. The molecule has 1 aliphatic heterocycles. The molecule has 0 aromatic heterocycles. The lowest BCUT2D eigenvalue weighted by Crippen LogP contribution is -2.46. The monoisotopic (exact) mass is 405 g/mol. The molecule has 1 fully saturated rings. The summed E-state index contributed by atoms with van der Waals surface area (Å²) >= 11 is 0. The maximum absolute atomic E-state index is 12.1. The number of aliphatic hydroxyl groups is 1. The number of nitrogens with one attached hydrogen (secondary N) is 1. The fraction of sp³-hybridized carbons (Fsp3) is 0.172. The first-order valence-corrected chi connectivity index (χ1v) is 11.0. The van der Waals surface area contributed by atoms with Crippen molar-refractivity contribution in [3.8, 4) is 22.3 Å². The molecule has 2 nitrogen and oxygen atoms in total. The maximum Gasteiger partial charge on any atom is 0.130 e. The summed E-state index contributed by atoms with van der Waals surface area (Å²) in [7, 11) is 0. The van der Waals surface area contributed by atoms with E-state index >= 15 is 0 Å². The van der Waals surface area contributed by atoms with Gasteiger partial charge in [0.05, 0.1) is 0 Å². The van der Waals surface area contributed by atoms with Gasteiger partial charge in [-0.05, 0) is 52.8 Å². The summed E-state index contributed by atoms with van der Waals surface area (Å²) in [5.41, 5.74) is 5.47. The van der Waals surface area contributed by atoms with E-state index in [0.717, 1.165) is 41.6 Å². The van der Waals surface area contributed by atoms with E-state index in [4.69, 9.17) is 0 Å². The van der Waals surface area contributed by atoms with Crippen LogP contribution < -0.4 is 5.32 Å². The first-order chi connectivity index (χ1) is 15.2. The zero-order valence-electron chi connectivity index (χ0n) is 17.5. The molecule has 2 heteroatoms. The average molecular weight is 406 g/mol. The molecule has 4 aromatic rings. The van der Waals surface area contributed by atoms with Crippen molar-refractivity contribution in [2.45, 2.75) is 24.5 Å². The van der Waals surface area contributed by atoms with E-state index in [-0.39, 0.29) is 6.04 Å². The van der Waals surface area contributed by atoms with Gasteiger partial charge in [0.2, 0.25) is 0 Å². The van der Waals surface area contributed by atoms with Crippen LogP contribution in [-0.4, -0.2) is 17.7 Å². The van der Waals surface area contributed by atoms with E-state index in [0.29, 0.717) is 0 Å². The normalized spacial score (nSPS) is 16.4. The minimum absolute atomic E-state index is 0.00218. The largest absolute Gasteiger partial charge is 0.379 e. The topological polar surface area (TPSA) is 32.3 Å². The Morgan fingerprint density at radius 1 is 0.581 bits per heavy atom.